The van der Waals surface area contributed by atoms with Gasteiger partial charge in [-0.05, 0) is 12.3 Å². The number of hydrogen-bond acceptors (Lipinski definition) is 8. The molecule has 0 aromatic carbocycles. The first-order chi connectivity index (χ1) is 14.3. The van der Waals surface area contributed by atoms with Gasteiger partial charge in [0.15, 0.2) is 0 Å². The Balaban J connectivity index is 5.45. The lowest BCUT2D eigenvalue weighted by Crippen LogP contribution is -2.59. The SMILES string of the molecule is CC(C)C(NC(=O)C(CCC(N)=O)NC(=O)C(N)CO)C(=O)NC(CC(N)=O)C(=O)O. The maximum atomic E-state index is 12.7. The monoisotopic (exact) mass is 446 g/mol. The molecule has 0 saturated carbocycles. The molecule has 0 fully saturated rings. The Kier molecular flexibility index (Phi) is 11.7. The van der Waals surface area contributed by atoms with Gasteiger partial charge in [0, 0.05) is 6.42 Å². The summed E-state index contributed by atoms with van der Waals surface area (Å²) in [6, 6.07) is -5.48. The Hall–Kier alpha value is -3.26. The molecule has 0 aliphatic carbocycles. The predicted octanol–water partition coefficient (Wildman–Crippen LogP) is -4.36. The number of primary amides is 2. The van der Waals surface area contributed by atoms with Gasteiger partial charge in [0.1, 0.15) is 24.2 Å². The van der Waals surface area contributed by atoms with Crippen LogP contribution in [0.25, 0.3) is 0 Å². The molecule has 0 aromatic rings. The van der Waals surface area contributed by atoms with Crippen LogP contribution < -0.4 is 33.2 Å². The molecule has 14 heteroatoms. The number of amides is 5. The number of aliphatic hydroxyl groups excluding tert-OH is 1. The molecule has 31 heavy (non-hydrogen) atoms. The fraction of sp³-hybridized carbons (Fsp3) is 0.647. The number of carbonyl (C=O) groups excluding carboxylic acids is 5. The second-order valence-electron chi connectivity index (χ2n) is 7.16. The van der Waals surface area contributed by atoms with Crippen molar-refractivity contribution in [3.63, 3.8) is 0 Å². The van der Waals surface area contributed by atoms with Gasteiger partial charge in [0.05, 0.1) is 13.0 Å². The second-order valence-corrected chi connectivity index (χ2v) is 7.16. The molecule has 0 heterocycles. The van der Waals surface area contributed by atoms with Crippen LogP contribution in [-0.2, 0) is 28.8 Å². The highest BCUT2D eigenvalue weighted by molar-refractivity contribution is 5.95. The highest BCUT2D eigenvalue weighted by Crippen LogP contribution is 2.06. The normalized spacial score (nSPS) is 14.6. The third-order valence-electron chi connectivity index (χ3n) is 4.11. The van der Waals surface area contributed by atoms with Gasteiger partial charge in [-0.25, -0.2) is 4.79 Å². The summed E-state index contributed by atoms with van der Waals surface area (Å²) in [6.07, 6.45) is -1.14. The van der Waals surface area contributed by atoms with E-state index in [4.69, 9.17) is 27.4 Å². The zero-order chi connectivity index (χ0) is 24.3. The van der Waals surface area contributed by atoms with Crippen LogP contribution in [0.2, 0.25) is 0 Å². The van der Waals surface area contributed by atoms with Crippen LogP contribution in [0.1, 0.15) is 33.1 Å². The molecule has 0 aliphatic rings. The number of aliphatic carboxylic acids is 1. The van der Waals surface area contributed by atoms with Gasteiger partial charge >= 0.3 is 5.97 Å². The minimum atomic E-state index is -1.60. The van der Waals surface area contributed by atoms with E-state index in [9.17, 15) is 28.8 Å². The first-order valence-corrected chi connectivity index (χ1v) is 9.37. The average molecular weight is 446 g/mol. The fourth-order valence-electron chi connectivity index (χ4n) is 2.37. The third kappa shape index (κ3) is 10.4. The summed E-state index contributed by atoms with van der Waals surface area (Å²) in [6.45, 7) is 2.43. The smallest absolute Gasteiger partial charge is 0.326 e. The van der Waals surface area contributed by atoms with Crippen molar-refractivity contribution in [2.24, 2.45) is 23.1 Å². The minimum Gasteiger partial charge on any atom is -0.480 e. The molecule has 4 atom stereocenters. The van der Waals surface area contributed by atoms with Gasteiger partial charge in [-0.2, -0.15) is 0 Å². The van der Waals surface area contributed by atoms with E-state index >= 15 is 0 Å². The molecular formula is C17H30N6O8. The number of nitrogens with two attached hydrogens (primary N) is 3. The molecule has 4 unspecified atom stereocenters. The number of rotatable bonds is 14. The van der Waals surface area contributed by atoms with Crippen molar-refractivity contribution in [3.05, 3.63) is 0 Å². The Labute approximate surface area is 178 Å². The largest absolute Gasteiger partial charge is 0.480 e. The Bertz CT molecular complexity index is 698. The fourth-order valence-corrected chi connectivity index (χ4v) is 2.37. The Morgan fingerprint density at radius 1 is 0.839 bits per heavy atom. The van der Waals surface area contributed by atoms with Gasteiger partial charge in [0.25, 0.3) is 0 Å². The van der Waals surface area contributed by atoms with E-state index in [1.165, 1.54) is 0 Å². The van der Waals surface area contributed by atoms with E-state index in [1.54, 1.807) is 13.8 Å². The van der Waals surface area contributed by atoms with Crippen LogP contribution >= 0.6 is 0 Å². The van der Waals surface area contributed by atoms with Crippen molar-refractivity contribution in [2.75, 3.05) is 6.61 Å². The highest BCUT2D eigenvalue weighted by Gasteiger charge is 2.32. The molecule has 14 nitrogen and oxygen atoms in total. The molecule has 0 radical (unpaired) electrons. The maximum absolute atomic E-state index is 12.7. The standard InChI is InChI=1S/C17H30N6O8/c1-7(2)13(16(29)22-10(17(30)31)5-12(20)26)23-15(28)9(3-4-11(19)25)21-14(27)8(18)6-24/h7-10,13,24H,3-6,18H2,1-2H3,(H2,19,25)(H2,20,26)(H,21,27)(H,22,29)(H,23,28)(H,30,31). The number of hydrogen-bond donors (Lipinski definition) is 8. The number of carboxylic acid groups (broad SMARTS) is 1. The molecule has 11 N–H and O–H groups in total. The van der Waals surface area contributed by atoms with Crippen molar-refractivity contribution >= 4 is 35.5 Å². The minimum absolute atomic E-state index is 0.211. The molecule has 0 rings (SSSR count). The lowest BCUT2D eigenvalue weighted by Gasteiger charge is -2.26. The molecule has 176 valence electrons. The molecule has 0 spiro atoms. The molecular weight excluding hydrogens is 416 g/mol. The van der Waals surface area contributed by atoms with Crippen LogP contribution in [-0.4, -0.2) is 76.5 Å². The summed E-state index contributed by atoms with van der Waals surface area (Å²) in [5, 5.41) is 24.8. The lowest BCUT2D eigenvalue weighted by molar-refractivity contribution is -0.144. The van der Waals surface area contributed by atoms with Crippen molar-refractivity contribution in [1.29, 1.82) is 0 Å². The molecule has 0 aliphatic heterocycles. The van der Waals surface area contributed by atoms with Crippen LogP contribution in [0.5, 0.6) is 0 Å². The van der Waals surface area contributed by atoms with Gasteiger partial charge in [-0.15, -0.1) is 0 Å². The zero-order valence-electron chi connectivity index (χ0n) is 17.3. The van der Waals surface area contributed by atoms with Crippen molar-refractivity contribution in [3.8, 4) is 0 Å². The van der Waals surface area contributed by atoms with E-state index < -0.39 is 78.6 Å². The zero-order valence-corrected chi connectivity index (χ0v) is 17.3. The summed E-state index contributed by atoms with van der Waals surface area (Å²) < 4.78 is 0. The number of nitrogens with one attached hydrogen (secondary N) is 3. The first kappa shape index (κ1) is 27.7. The van der Waals surface area contributed by atoms with Gasteiger partial charge < -0.3 is 43.4 Å². The summed E-state index contributed by atoms with van der Waals surface area (Å²) in [7, 11) is 0. The average Bonchev–Trinajstić information content (AvgIpc) is 2.66. The summed E-state index contributed by atoms with van der Waals surface area (Å²) in [5.74, 6) is -6.35. The lowest BCUT2D eigenvalue weighted by atomic mass is 10.0. The first-order valence-electron chi connectivity index (χ1n) is 9.37. The Morgan fingerprint density at radius 3 is 1.81 bits per heavy atom. The summed E-state index contributed by atoms with van der Waals surface area (Å²) >= 11 is 0. The van der Waals surface area contributed by atoms with E-state index in [1.807, 2.05) is 0 Å². The van der Waals surface area contributed by atoms with Crippen LogP contribution in [0.4, 0.5) is 0 Å². The van der Waals surface area contributed by atoms with Crippen LogP contribution in [0.15, 0.2) is 0 Å². The summed E-state index contributed by atoms with van der Waals surface area (Å²) in [4.78, 5) is 70.4. The predicted molar refractivity (Wildman–Crippen MR) is 106 cm³/mol. The van der Waals surface area contributed by atoms with Gasteiger partial charge in [0.2, 0.25) is 29.5 Å². The number of carboxylic acids is 1. The van der Waals surface area contributed by atoms with Crippen molar-refractivity contribution in [1.82, 2.24) is 16.0 Å². The quantitative estimate of drug-likeness (QED) is 0.128. The van der Waals surface area contributed by atoms with E-state index in [2.05, 4.69) is 16.0 Å². The summed E-state index contributed by atoms with van der Waals surface area (Å²) in [5.41, 5.74) is 15.4. The van der Waals surface area contributed by atoms with Gasteiger partial charge in [-0.1, -0.05) is 13.8 Å². The number of carbonyl (C=O) groups is 6. The van der Waals surface area contributed by atoms with Crippen LogP contribution in [0.3, 0.4) is 0 Å². The third-order valence-corrected chi connectivity index (χ3v) is 4.11. The van der Waals surface area contributed by atoms with E-state index in [-0.39, 0.29) is 12.8 Å². The molecule has 5 amide bonds. The number of aliphatic hydroxyl groups is 1. The molecule has 0 saturated heterocycles. The van der Waals surface area contributed by atoms with Crippen molar-refractivity contribution in [2.45, 2.75) is 57.3 Å². The molecule has 0 aromatic heterocycles. The molecule has 0 bridgehead atoms. The van der Waals surface area contributed by atoms with E-state index in [0.717, 1.165) is 0 Å². The van der Waals surface area contributed by atoms with E-state index in [0.29, 0.717) is 0 Å². The van der Waals surface area contributed by atoms with Crippen molar-refractivity contribution < 1.29 is 39.0 Å². The maximum Gasteiger partial charge on any atom is 0.326 e. The Morgan fingerprint density at radius 2 is 1.39 bits per heavy atom. The van der Waals surface area contributed by atoms with Crippen LogP contribution in [0, 0.1) is 5.92 Å². The second kappa shape index (κ2) is 13.1. The highest BCUT2D eigenvalue weighted by atomic mass is 16.4. The topological polar surface area (TPSA) is 257 Å². The van der Waals surface area contributed by atoms with Gasteiger partial charge in [-0.3, -0.25) is 24.0 Å².